The molecule has 0 radical (unpaired) electrons. The number of nitrogens with one attached hydrogen (secondary N) is 1. The van der Waals surface area contributed by atoms with Gasteiger partial charge >= 0.3 is 12.4 Å². The lowest BCUT2D eigenvalue weighted by Gasteiger charge is -2.10. The number of carbonyl (C=O) groups excluding carboxylic acids is 1. The van der Waals surface area contributed by atoms with Gasteiger partial charge in [0.25, 0.3) is 5.91 Å². The molecule has 0 fully saturated rings. The minimum Gasteiger partial charge on any atom is -0.359 e. The molecular formula is C17H13F6N5O2. The van der Waals surface area contributed by atoms with Gasteiger partial charge in [0.1, 0.15) is 17.1 Å². The highest BCUT2D eigenvalue weighted by Gasteiger charge is 2.36. The molecule has 1 N–H and O–H groups in total. The number of rotatable bonds is 4. The number of nitrogens with zero attached hydrogens (tertiary/aromatic N) is 4. The Morgan fingerprint density at radius 2 is 1.77 bits per heavy atom. The number of hydrogen-bond donors (Lipinski definition) is 1. The van der Waals surface area contributed by atoms with Crippen molar-refractivity contribution in [3.05, 3.63) is 53.3 Å². The molecule has 0 spiro atoms. The number of aryl methyl sites for hydroxylation is 1. The van der Waals surface area contributed by atoms with E-state index in [4.69, 9.17) is 4.52 Å². The number of halogens is 6. The molecule has 0 unspecified atom stereocenters. The Balaban J connectivity index is 1.77. The number of hydrogen-bond acceptors (Lipinski definition) is 5. The van der Waals surface area contributed by atoms with Crippen LogP contribution in [0, 0.1) is 0 Å². The minimum absolute atomic E-state index is 0.0684. The standard InChI is InChI=1S/C17H13F6N5O2/c1-8(25-15(29)11-7-14(17(21,22)23)26-28(11)2)12-6-10(27-30-12)9-3-4-24-13(5-9)16(18,19)20/h3-8H,1-2H3,(H,25,29)/t8-/m1/s1. The third kappa shape index (κ3) is 4.44. The summed E-state index contributed by atoms with van der Waals surface area (Å²) in [4.78, 5) is 15.5. The van der Waals surface area contributed by atoms with Crippen molar-refractivity contribution in [1.82, 2.24) is 25.2 Å². The summed E-state index contributed by atoms with van der Waals surface area (Å²) < 4.78 is 82.4. The van der Waals surface area contributed by atoms with Crippen LogP contribution in [0.5, 0.6) is 0 Å². The lowest BCUT2D eigenvalue weighted by Crippen LogP contribution is -2.28. The van der Waals surface area contributed by atoms with Gasteiger partial charge in [-0.05, 0) is 19.1 Å². The van der Waals surface area contributed by atoms with Gasteiger partial charge in [-0.15, -0.1) is 0 Å². The zero-order valence-electron chi connectivity index (χ0n) is 15.3. The first-order valence-electron chi connectivity index (χ1n) is 8.28. The summed E-state index contributed by atoms with van der Waals surface area (Å²) in [5.74, 6) is -0.767. The Kier molecular flexibility index (Phi) is 5.31. The fraction of sp³-hybridized carbons (Fsp3) is 0.294. The monoisotopic (exact) mass is 433 g/mol. The summed E-state index contributed by atoms with van der Waals surface area (Å²) >= 11 is 0. The highest BCUT2D eigenvalue weighted by atomic mass is 19.4. The average molecular weight is 433 g/mol. The van der Waals surface area contributed by atoms with E-state index in [2.05, 4.69) is 20.6 Å². The summed E-state index contributed by atoms with van der Waals surface area (Å²) in [5.41, 5.74) is -2.51. The molecule has 0 aliphatic heterocycles. The molecule has 0 aromatic carbocycles. The molecule has 0 saturated heterocycles. The van der Waals surface area contributed by atoms with Gasteiger partial charge in [-0.2, -0.15) is 31.4 Å². The number of amides is 1. The molecule has 0 aliphatic rings. The van der Waals surface area contributed by atoms with Gasteiger partial charge in [0, 0.05) is 30.9 Å². The third-order valence-electron chi connectivity index (χ3n) is 4.05. The van der Waals surface area contributed by atoms with Gasteiger partial charge in [0.2, 0.25) is 0 Å². The molecule has 30 heavy (non-hydrogen) atoms. The van der Waals surface area contributed by atoms with Gasteiger partial charge in [0.15, 0.2) is 11.5 Å². The predicted octanol–water partition coefficient (Wildman–Crippen LogP) is 4.00. The molecule has 1 amide bonds. The van der Waals surface area contributed by atoms with Crippen LogP contribution in [0.1, 0.15) is 40.6 Å². The first kappa shape index (κ1) is 21.3. The molecule has 0 aliphatic carbocycles. The number of carbonyl (C=O) groups is 1. The van der Waals surface area contributed by atoms with E-state index in [0.717, 1.165) is 16.9 Å². The van der Waals surface area contributed by atoms with E-state index in [-0.39, 0.29) is 22.7 Å². The Hall–Kier alpha value is -3.38. The van der Waals surface area contributed by atoms with E-state index in [0.29, 0.717) is 6.07 Å². The number of aromatic nitrogens is 4. The molecule has 0 bridgehead atoms. The quantitative estimate of drug-likeness (QED) is 0.629. The van der Waals surface area contributed by atoms with Gasteiger partial charge in [-0.1, -0.05) is 5.16 Å². The molecule has 3 rings (SSSR count). The molecule has 3 aromatic rings. The van der Waals surface area contributed by atoms with Crippen LogP contribution in [0.15, 0.2) is 35.0 Å². The summed E-state index contributed by atoms with van der Waals surface area (Å²) in [6, 6.07) is 3.16. The molecule has 7 nitrogen and oxygen atoms in total. The van der Waals surface area contributed by atoms with Gasteiger partial charge in [-0.3, -0.25) is 14.5 Å². The van der Waals surface area contributed by atoms with Gasteiger partial charge in [0.05, 0.1) is 6.04 Å². The molecule has 3 heterocycles. The van der Waals surface area contributed by atoms with E-state index in [9.17, 15) is 31.1 Å². The van der Waals surface area contributed by atoms with Crippen LogP contribution < -0.4 is 5.32 Å². The third-order valence-corrected chi connectivity index (χ3v) is 4.05. The summed E-state index contributed by atoms with van der Waals surface area (Å²) in [6.07, 6.45) is -8.37. The lowest BCUT2D eigenvalue weighted by atomic mass is 10.1. The van der Waals surface area contributed by atoms with Crippen LogP contribution in [-0.2, 0) is 19.4 Å². The Bertz CT molecular complexity index is 1070. The Morgan fingerprint density at radius 1 is 1.10 bits per heavy atom. The zero-order valence-corrected chi connectivity index (χ0v) is 15.3. The van der Waals surface area contributed by atoms with E-state index in [1.807, 2.05) is 0 Å². The SMILES string of the molecule is C[C@@H](NC(=O)c1cc(C(F)(F)F)nn1C)c1cc(-c2ccnc(C(F)(F)F)c2)no1. The van der Waals surface area contributed by atoms with Crippen molar-refractivity contribution < 1.29 is 35.7 Å². The molecule has 3 aromatic heterocycles. The van der Waals surface area contributed by atoms with Crippen LogP contribution in [0.4, 0.5) is 26.3 Å². The van der Waals surface area contributed by atoms with Crippen LogP contribution in [-0.4, -0.2) is 25.8 Å². The fourth-order valence-corrected chi connectivity index (χ4v) is 2.53. The van der Waals surface area contributed by atoms with Crippen molar-refractivity contribution in [3.8, 4) is 11.3 Å². The number of pyridine rings is 1. The van der Waals surface area contributed by atoms with Crippen molar-refractivity contribution >= 4 is 5.91 Å². The minimum atomic E-state index is -4.71. The average Bonchev–Trinajstić information content (AvgIpc) is 3.28. The Labute approximate surface area is 164 Å². The van der Waals surface area contributed by atoms with Crippen LogP contribution in [0.2, 0.25) is 0 Å². The second-order valence-electron chi connectivity index (χ2n) is 6.27. The topological polar surface area (TPSA) is 85.8 Å². The highest BCUT2D eigenvalue weighted by molar-refractivity contribution is 5.92. The van der Waals surface area contributed by atoms with Crippen molar-refractivity contribution in [2.45, 2.75) is 25.3 Å². The first-order chi connectivity index (χ1) is 13.9. The van der Waals surface area contributed by atoms with Crippen molar-refractivity contribution in [3.63, 3.8) is 0 Å². The van der Waals surface area contributed by atoms with Crippen LogP contribution in [0.3, 0.4) is 0 Å². The predicted molar refractivity (Wildman–Crippen MR) is 88.8 cm³/mol. The maximum atomic E-state index is 12.8. The van der Waals surface area contributed by atoms with E-state index >= 15 is 0 Å². The molecular weight excluding hydrogens is 420 g/mol. The maximum absolute atomic E-state index is 12.8. The van der Waals surface area contributed by atoms with Crippen LogP contribution in [0.25, 0.3) is 11.3 Å². The molecule has 0 saturated carbocycles. The van der Waals surface area contributed by atoms with Gasteiger partial charge in [-0.25, -0.2) is 0 Å². The normalized spacial score (nSPS) is 13.3. The van der Waals surface area contributed by atoms with E-state index < -0.39 is 35.7 Å². The van der Waals surface area contributed by atoms with E-state index in [1.54, 1.807) is 0 Å². The van der Waals surface area contributed by atoms with Crippen LogP contribution >= 0.6 is 0 Å². The molecule has 13 heteroatoms. The first-order valence-corrected chi connectivity index (χ1v) is 8.28. The second kappa shape index (κ2) is 7.46. The fourth-order valence-electron chi connectivity index (χ4n) is 2.53. The number of alkyl halides is 6. The summed E-state index contributed by atoms with van der Waals surface area (Å²) in [6.45, 7) is 1.47. The van der Waals surface area contributed by atoms with Crippen molar-refractivity contribution in [2.24, 2.45) is 7.05 Å². The molecule has 160 valence electrons. The molecule has 1 atom stereocenters. The van der Waals surface area contributed by atoms with E-state index in [1.165, 1.54) is 26.1 Å². The van der Waals surface area contributed by atoms with Gasteiger partial charge < -0.3 is 9.84 Å². The second-order valence-corrected chi connectivity index (χ2v) is 6.27. The largest absolute Gasteiger partial charge is 0.435 e. The maximum Gasteiger partial charge on any atom is 0.435 e. The lowest BCUT2D eigenvalue weighted by molar-refractivity contribution is -0.142. The highest BCUT2D eigenvalue weighted by Crippen LogP contribution is 2.31. The smallest absolute Gasteiger partial charge is 0.359 e. The summed E-state index contributed by atoms with van der Waals surface area (Å²) in [7, 11) is 1.18. The zero-order chi connectivity index (χ0) is 22.3. The van der Waals surface area contributed by atoms with Crippen molar-refractivity contribution in [1.29, 1.82) is 0 Å². The van der Waals surface area contributed by atoms with Crippen molar-refractivity contribution in [2.75, 3.05) is 0 Å². The Morgan fingerprint density at radius 3 is 2.37 bits per heavy atom. The summed E-state index contributed by atoms with van der Waals surface area (Å²) in [5, 5.41) is 9.35.